The Balaban J connectivity index is 1.49. The van der Waals surface area contributed by atoms with Crippen molar-refractivity contribution in [3.63, 3.8) is 0 Å². The zero-order valence-corrected chi connectivity index (χ0v) is 17.9. The van der Waals surface area contributed by atoms with Crippen LogP contribution in [0.3, 0.4) is 0 Å². The van der Waals surface area contributed by atoms with E-state index in [1.165, 1.54) is 8.87 Å². The predicted molar refractivity (Wildman–Crippen MR) is 110 cm³/mol. The number of oxazole rings is 1. The number of aromatic nitrogens is 1. The summed E-state index contributed by atoms with van der Waals surface area (Å²) in [5.41, 5.74) is 1.10. The van der Waals surface area contributed by atoms with Crippen LogP contribution in [-0.2, 0) is 16.7 Å². The third-order valence-electron chi connectivity index (χ3n) is 4.74. The summed E-state index contributed by atoms with van der Waals surface area (Å²) in [6, 6.07) is 11.7. The quantitative estimate of drug-likeness (QED) is 0.567. The van der Waals surface area contributed by atoms with E-state index in [0.717, 1.165) is 4.47 Å². The third kappa shape index (κ3) is 3.77. The Hall–Kier alpha value is -1.65. The van der Waals surface area contributed by atoms with Gasteiger partial charge in [0.2, 0.25) is 10.0 Å². The predicted octanol–water partition coefficient (Wildman–Crippen LogP) is 2.97. The third-order valence-corrected chi connectivity index (χ3v) is 7.36. The maximum Gasteiger partial charge on any atom is 0.421 e. The molecule has 2 aromatic carbocycles. The lowest BCUT2D eigenvalue weighted by Crippen LogP contribution is -2.49. The zero-order valence-electron chi connectivity index (χ0n) is 14.7. The Labute approximate surface area is 175 Å². The van der Waals surface area contributed by atoms with Crippen LogP contribution in [0.25, 0.3) is 11.1 Å². The summed E-state index contributed by atoms with van der Waals surface area (Å²) in [4.78, 5) is 14.5. The number of piperazine rings is 1. The molecule has 1 saturated heterocycles. The highest BCUT2D eigenvalue weighted by Crippen LogP contribution is 2.22. The lowest BCUT2D eigenvalue weighted by Gasteiger charge is -2.33. The molecule has 0 amide bonds. The summed E-state index contributed by atoms with van der Waals surface area (Å²) in [6.45, 7) is 2.02. The molecule has 0 unspecified atom stereocenters. The first-order valence-electron chi connectivity index (χ1n) is 8.61. The Morgan fingerprint density at radius 3 is 2.54 bits per heavy atom. The van der Waals surface area contributed by atoms with E-state index < -0.39 is 15.8 Å². The van der Waals surface area contributed by atoms with Gasteiger partial charge < -0.3 is 4.42 Å². The van der Waals surface area contributed by atoms with Crippen LogP contribution in [0.15, 0.2) is 61.0 Å². The van der Waals surface area contributed by atoms with Crippen LogP contribution in [-0.4, -0.2) is 48.4 Å². The van der Waals surface area contributed by atoms with E-state index in [-0.39, 0.29) is 4.90 Å². The highest BCUT2D eigenvalue weighted by atomic mass is 79.9. The van der Waals surface area contributed by atoms with E-state index >= 15 is 0 Å². The van der Waals surface area contributed by atoms with Crippen LogP contribution in [0.5, 0.6) is 0 Å². The maximum atomic E-state index is 12.8. The molecule has 0 N–H and O–H groups in total. The molecule has 1 aromatic heterocycles. The average molecular weight is 487 g/mol. The van der Waals surface area contributed by atoms with Gasteiger partial charge in [-0.3, -0.25) is 9.47 Å². The molecule has 1 fully saturated rings. The Bertz CT molecular complexity index is 1180. The Morgan fingerprint density at radius 2 is 1.82 bits per heavy atom. The summed E-state index contributed by atoms with van der Waals surface area (Å²) in [7, 11) is -3.55. The SMILES string of the molecule is O=c1oc2ccc(Cl)cc2n1CN1CCN(S(=O)(=O)c2cccc(Br)c2)CC1. The van der Waals surface area contributed by atoms with Gasteiger partial charge >= 0.3 is 5.76 Å². The first kappa shape index (κ1) is 19.7. The number of hydrogen-bond acceptors (Lipinski definition) is 5. The smallest absolute Gasteiger partial charge is 0.408 e. The van der Waals surface area contributed by atoms with E-state index in [1.54, 1.807) is 42.5 Å². The van der Waals surface area contributed by atoms with Crippen molar-refractivity contribution in [2.24, 2.45) is 0 Å². The summed E-state index contributed by atoms with van der Waals surface area (Å²) in [6.07, 6.45) is 0. The molecular formula is C18H17BrClN3O4S. The van der Waals surface area contributed by atoms with Gasteiger partial charge in [-0.2, -0.15) is 4.31 Å². The average Bonchev–Trinajstić information content (AvgIpc) is 2.97. The maximum absolute atomic E-state index is 12.8. The molecule has 148 valence electrons. The van der Waals surface area contributed by atoms with Crippen LogP contribution >= 0.6 is 27.5 Å². The Morgan fingerprint density at radius 1 is 1.07 bits per heavy atom. The molecule has 0 aliphatic carbocycles. The van der Waals surface area contributed by atoms with Crippen LogP contribution in [0, 0.1) is 0 Å². The van der Waals surface area contributed by atoms with Gasteiger partial charge in [0.1, 0.15) is 0 Å². The monoisotopic (exact) mass is 485 g/mol. The van der Waals surface area contributed by atoms with Gasteiger partial charge in [-0.25, -0.2) is 13.2 Å². The van der Waals surface area contributed by atoms with Gasteiger partial charge in [0.25, 0.3) is 0 Å². The van der Waals surface area contributed by atoms with Crippen molar-refractivity contribution in [1.29, 1.82) is 0 Å². The van der Waals surface area contributed by atoms with E-state index in [9.17, 15) is 13.2 Å². The minimum atomic E-state index is -3.55. The molecule has 10 heteroatoms. The first-order valence-corrected chi connectivity index (χ1v) is 11.2. The topological polar surface area (TPSA) is 75.8 Å². The molecule has 1 aliphatic heterocycles. The molecule has 0 saturated carbocycles. The second-order valence-corrected chi connectivity index (χ2v) is 9.82. The summed E-state index contributed by atoms with van der Waals surface area (Å²) in [5, 5.41) is 0.520. The normalized spacial score (nSPS) is 16.6. The molecule has 0 spiro atoms. The van der Waals surface area contributed by atoms with Gasteiger partial charge in [-0.1, -0.05) is 33.6 Å². The second kappa shape index (κ2) is 7.64. The highest BCUT2D eigenvalue weighted by Gasteiger charge is 2.29. The molecule has 4 rings (SSSR count). The van der Waals surface area contributed by atoms with Crippen molar-refractivity contribution in [2.45, 2.75) is 11.6 Å². The molecule has 28 heavy (non-hydrogen) atoms. The van der Waals surface area contributed by atoms with Crippen molar-refractivity contribution < 1.29 is 12.8 Å². The zero-order chi connectivity index (χ0) is 19.9. The molecular weight excluding hydrogens is 470 g/mol. The van der Waals surface area contributed by atoms with Crippen molar-refractivity contribution in [1.82, 2.24) is 13.8 Å². The van der Waals surface area contributed by atoms with Crippen LogP contribution in [0.1, 0.15) is 0 Å². The molecule has 7 nitrogen and oxygen atoms in total. The van der Waals surface area contributed by atoms with Gasteiger partial charge in [-0.05, 0) is 36.4 Å². The van der Waals surface area contributed by atoms with Crippen molar-refractivity contribution in [2.75, 3.05) is 26.2 Å². The highest BCUT2D eigenvalue weighted by molar-refractivity contribution is 9.10. The number of benzene rings is 2. The summed E-state index contributed by atoms with van der Waals surface area (Å²) >= 11 is 9.35. The molecule has 3 aromatic rings. The standard InChI is InChI=1S/C18H17BrClN3O4S/c19-13-2-1-3-15(10-13)28(25,26)22-8-6-21(7-9-22)12-23-16-11-14(20)4-5-17(16)27-18(23)24/h1-5,10-11H,6-9,12H2. The number of hydrogen-bond donors (Lipinski definition) is 0. The fourth-order valence-corrected chi connectivity index (χ4v) is 5.44. The molecule has 0 atom stereocenters. The van der Waals surface area contributed by atoms with E-state index in [1.807, 2.05) is 4.90 Å². The number of sulfonamides is 1. The summed E-state index contributed by atoms with van der Waals surface area (Å²) < 4.78 is 34.6. The molecule has 2 heterocycles. The van der Waals surface area contributed by atoms with Crippen molar-refractivity contribution >= 4 is 48.7 Å². The van der Waals surface area contributed by atoms with Gasteiger partial charge in [0.05, 0.1) is 17.1 Å². The van der Waals surface area contributed by atoms with Gasteiger partial charge in [0, 0.05) is 35.7 Å². The second-order valence-electron chi connectivity index (χ2n) is 6.53. The van der Waals surface area contributed by atoms with E-state index in [4.69, 9.17) is 16.0 Å². The van der Waals surface area contributed by atoms with Crippen LogP contribution in [0.2, 0.25) is 5.02 Å². The van der Waals surface area contributed by atoms with E-state index in [0.29, 0.717) is 49.0 Å². The summed E-state index contributed by atoms with van der Waals surface area (Å²) in [5.74, 6) is -0.457. The number of halogens is 2. The largest absolute Gasteiger partial charge is 0.421 e. The number of rotatable bonds is 4. The van der Waals surface area contributed by atoms with Gasteiger partial charge in [0.15, 0.2) is 5.58 Å². The van der Waals surface area contributed by atoms with E-state index in [2.05, 4.69) is 15.9 Å². The molecule has 1 aliphatic rings. The number of fused-ring (bicyclic) bond motifs is 1. The lowest BCUT2D eigenvalue weighted by atomic mass is 10.3. The van der Waals surface area contributed by atoms with Crippen LogP contribution < -0.4 is 5.76 Å². The Kier molecular flexibility index (Phi) is 5.36. The molecule has 0 bridgehead atoms. The fourth-order valence-electron chi connectivity index (χ4n) is 3.26. The molecule has 0 radical (unpaired) electrons. The van der Waals surface area contributed by atoms with Gasteiger partial charge in [-0.15, -0.1) is 0 Å². The van der Waals surface area contributed by atoms with Crippen molar-refractivity contribution in [3.05, 3.63) is 62.5 Å². The van der Waals surface area contributed by atoms with Crippen molar-refractivity contribution in [3.8, 4) is 0 Å². The minimum Gasteiger partial charge on any atom is -0.408 e. The first-order chi connectivity index (χ1) is 13.3. The lowest BCUT2D eigenvalue weighted by molar-refractivity contribution is 0.150. The van der Waals surface area contributed by atoms with Crippen LogP contribution in [0.4, 0.5) is 0 Å². The number of nitrogens with zero attached hydrogens (tertiary/aromatic N) is 3. The fraction of sp³-hybridized carbons (Fsp3) is 0.278. The minimum absolute atomic E-state index is 0.266.